The summed E-state index contributed by atoms with van der Waals surface area (Å²) in [7, 11) is 5.51. The zero-order valence-corrected chi connectivity index (χ0v) is 14.8. The molecule has 0 aliphatic heterocycles. The molecule has 0 amide bonds. The van der Waals surface area contributed by atoms with E-state index in [0.717, 1.165) is 35.9 Å². The summed E-state index contributed by atoms with van der Waals surface area (Å²) < 4.78 is 11.1. The smallest absolute Gasteiger partial charge is 0.124 e. The van der Waals surface area contributed by atoms with Gasteiger partial charge in [0.25, 0.3) is 0 Å². The Labute approximate surface area is 138 Å². The van der Waals surface area contributed by atoms with Crippen LogP contribution < -0.4 is 14.8 Å². The number of aliphatic hydroxyl groups excluding tert-OH is 1. The highest BCUT2D eigenvalue weighted by atomic mass is 32.2. The lowest BCUT2D eigenvalue weighted by Gasteiger charge is -2.18. The van der Waals surface area contributed by atoms with Crippen LogP contribution in [0, 0.1) is 0 Å². The number of aliphatic hydroxyl groups is 1. The van der Waals surface area contributed by atoms with Gasteiger partial charge in [-0.2, -0.15) is 11.8 Å². The first-order valence-corrected chi connectivity index (χ1v) is 8.78. The van der Waals surface area contributed by atoms with Crippen molar-refractivity contribution in [2.45, 2.75) is 12.6 Å². The Hall–Kier alpha value is -0.950. The molecule has 0 heterocycles. The summed E-state index contributed by atoms with van der Waals surface area (Å²) in [5.74, 6) is 2.67. The maximum atomic E-state index is 9.91. The van der Waals surface area contributed by atoms with Crippen LogP contribution in [0.3, 0.4) is 0 Å². The van der Waals surface area contributed by atoms with Crippen molar-refractivity contribution < 1.29 is 14.6 Å². The summed E-state index contributed by atoms with van der Waals surface area (Å²) in [6, 6.07) is 5.74. The van der Waals surface area contributed by atoms with Gasteiger partial charge in [-0.1, -0.05) is 0 Å². The molecule has 0 spiro atoms. The van der Waals surface area contributed by atoms with Crippen molar-refractivity contribution in [1.82, 2.24) is 10.2 Å². The van der Waals surface area contributed by atoms with E-state index in [-0.39, 0.29) is 6.61 Å². The standard InChI is InChI=1S/C16H28N2O3S/c1-18(2)11-14(19)12-21-16-6-5-15(20-3)9-13(16)10-17-7-8-22-4/h5-6,9,14,17,19H,7-8,10-12H2,1-4H3. The molecule has 0 radical (unpaired) electrons. The summed E-state index contributed by atoms with van der Waals surface area (Å²) in [5, 5.41) is 13.3. The number of thioether (sulfide) groups is 1. The van der Waals surface area contributed by atoms with Crippen LogP contribution in [0.15, 0.2) is 18.2 Å². The van der Waals surface area contributed by atoms with E-state index >= 15 is 0 Å². The summed E-state index contributed by atoms with van der Waals surface area (Å²) in [4.78, 5) is 1.94. The Morgan fingerprint density at radius 2 is 2.14 bits per heavy atom. The van der Waals surface area contributed by atoms with Crippen LogP contribution in [0.25, 0.3) is 0 Å². The maximum absolute atomic E-state index is 9.91. The van der Waals surface area contributed by atoms with E-state index in [1.807, 2.05) is 49.0 Å². The summed E-state index contributed by atoms with van der Waals surface area (Å²) in [5.41, 5.74) is 1.04. The van der Waals surface area contributed by atoms with E-state index in [2.05, 4.69) is 11.6 Å². The zero-order chi connectivity index (χ0) is 16.4. The van der Waals surface area contributed by atoms with E-state index in [0.29, 0.717) is 6.54 Å². The molecule has 1 unspecified atom stereocenters. The average molecular weight is 328 g/mol. The number of methoxy groups -OCH3 is 1. The number of nitrogens with one attached hydrogen (secondary N) is 1. The van der Waals surface area contributed by atoms with Crippen LogP contribution in [0.1, 0.15) is 5.56 Å². The lowest BCUT2D eigenvalue weighted by molar-refractivity contribution is 0.0826. The molecule has 2 N–H and O–H groups in total. The van der Waals surface area contributed by atoms with Gasteiger partial charge >= 0.3 is 0 Å². The quantitative estimate of drug-likeness (QED) is 0.600. The molecule has 1 aromatic carbocycles. The van der Waals surface area contributed by atoms with Crippen LogP contribution in [0.5, 0.6) is 11.5 Å². The minimum Gasteiger partial charge on any atom is -0.497 e. The normalized spacial score (nSPS) is 12.5. The molecule has 0 aromatic heterocycles. The Morgan fingerprint density at radius 1 is 1.36 bits per heavy atom. The molecule has 0 aliphatic rings. The fourth-order valence-electron chi connectivity index (χ4n) is 2.02. The summed E-state index contributed by atoms with van der Waals surface area (Å²) >= 11 is 1.81. The zero-order valence-electron chi connectivity index (χ0n) is 14.0. The molecule has 0 saturated heterocycles. The lowest BCUT2D eigenvalue weighted by Crippen LogP contribution is -2.30. The average Bonchev–Trinajstić information content (AvgIpc) is 2.49. The molecule has 1 aromatic rings. The summed E-state index contributed by atoms with van der Waals surface area (Å²) in [6.07, 6.45) is 1.59. The molecule has 5 nitrogen and oxygen atoms in total. The van der Waals surface area contributed by atoms with Crippen molar-refractivity contribution in [2.24, 2.45) is 0 Å². The van der Waals surface area contributed by atoms with Gasteiger partial charge < -0.3 is 24.8 Å². The van der Waals surface area contributed by atoms with E-state index in [1.54, 1.807) is 7.11 Å². The van der Waals surface area contributed by atoms with Crippen molar-refractivity contribution in [2.75, 3.05) is 52.9 Å². The van der Waals surface area contributed by atoms with Gasteiger partial charge in [0.1, 0.15) is 24.2 Å². The number of likely N-dealkylation sites (N-methyl/N-ethyl adjacent to an activating group) is 1. The highest BCUT2D eigenvalue weighted by Crippen LogP contribution is 2.24. The van der Waals surface area contributed by atoms with Crippen LogP contribution in [-0.2, 0) is 6.54 Å². The Kier molecular flexibility index (Phi) is 9.31. The number of nitrogens with zero attached hydrogens (tertiary/aromatic N) is 1. The van der Waals surface area contributed by atoms with Gasteiger partial charge in [-0.15, -0.1) is 0 Å². The number of hydrogen-bond donors (Lipinski definition) is 2. The number of ether oxygens (including phenoxy) is 2. The highest BCUT2D eigenvalue weighted by molar-refractivity contribution is 7.98. The summed E-state index contributed by atoms with van der Waals surface area (Å²) in [6.45, 7) is 2.53. The van der Waals surface area contributed by atoms with Crippen molar-refractivity contribution in [3.05, 3.63) is 23.8 Å². The Morgan fingerprint density at radius 3 is 2.77 bits per heavy atom. The highest BCUT2D eigenvalue weighted by Gasteiger charge is 2.10. The van der Waals surface area contributed by atoms with Crippen LogP contribution in [0.4, 0.5) is 0 Å². The third-order valence-electron chi connectivity index (χ3n) is 3.07. The van der Waals surface area contributed by atoms with E-state index < -0.39 is 6.10 Å². The second-order valence-corrected chi connectivity index (χ2v) is 6.36. The lowest BCUT2D eigenvalue weighted by atomic mass is 10.2. The van der Waals surface area contributed by atoms with Gasteiger partial charge in [-0.3, -0.25) is 0 Å². The maximum Gasteiger partial charge on any atom is 0.124 e. The molecular weight excluding hydrogens is 300 g/mol. The van der Waals surface area contributed by atoms with Gasteiger partial charge in [0.2, 0.25) is 0 Å². The molecule has 22 heavy (non-hydrogen) atoms. The number of rotatable bonds is 11. The van der Waals surface area contributed by atoms with Gasteiger partial charge in [0.15, 0.2) is 0 Å². The van der Waals surface area contributed by atoms with E-state index in [9.17, 15) is 5.11 Å². The second-order valence-electron chi connectivity index (χ2n) is 5.37. The third kappa shape index (κ3) is 7.35. The van der Waals surface area contributed by atoms with Gasteiger partial charge in [-0.05, 0) is 38.6 Å². The fourth-order valence-corrected chi connectivity index (χ4v) is 2.37. The topological polar surface area (TPSA) is 54.0 Å². The molecule has 0 aliphatic carbocycles. The van der Waals surface area contributed by atoms with Crippen LogP contribution in [0.2, 0.25) is 0 Å². The molecule has 0 bridgehead atoms. The third-order valence-corrected chi connectivity index (χ3v) is 3.69. The molecular formula is C16H28N2O3S. The monoisotopic (exact) mass is 328 g/mol. The molecule has 1 atom stereocenters. The minimum atomic E-state index is -0.505. The van der Waals surface area contributed by atoms with Gasteiger partial charge in [0.05, 0.1) is 7.11 Å². The molecule has 126 valence electrons. The first-order valence-electron chi connectivity index (χ1n) is 7.39. The molecule has 1 rings (SSSR count). The van der Waals surface area contributed by atoms with Gasteiger partial charge in [0, 0.05) is 31.0 Å². The predicted octanol–water partition coefficient (Wildman–Crippen LogP) is 1.45. The molecule has 0 saturated carbocycles. The Bertz CT molecular complexity index is 430. The predicted molar refractivity (Wildman–Crippen MR) is 93.1 cm³/mol. The van der Waals surface area contributed by atoms with Crippen molar-refractivity contribution in [3.63, 3.8) is 0 Å². The van der Waals surface area contributed by atoms with Gasteiger partial charge in [-0.25, -0.2) is 0 Å². The number of benzene rings is 1. The van der Waals surface area contributed by atoms with E-state index in [4.69, 9.17) is 9.47 Å². The molecule has 6 heteroatoms. The largest absolute Gasteiger partial charge is 0.497 e. The minimum absolute atomic E-state index is 0.280. The Balaban J connectivity index is 2.62. The SMILES string of the molecule is COc1ccc(OCC(O)CN(C)C)c(CNCCSC)c1. The van der Waals surface area contributed by atoms with Crippen LogP contribution >= 0.6 is 11.8 Å². The first-order chi connectivity index (χ1) is 10.6. The fraction of sp³-hybridized carbons (Fsp3) is 0.625. The second kappa shape index (κ2) is 10.7. The van der Waals surface area contributed by atoms with Crippen molar-refractivity contribution >= 4 is 11.8 Å². The first kappa shape index (κ1) is 19.1. The van der Waals surface area contributed by atoms with Crippen LogP contribution in [-0.4, -0.2) is 69.0 Å². The molecule has 0 fully saturated rings. The van der Waals surface area contributed by atoms with E-state index in [1.165, 1.54) is 0 Å². The number of hydrogen-bond acceptors (Lipinski definition) is 6. The van der Waals surface area contributed by atoms with Crippen molar-refractivity contribution in [1.29, 1.82) is 0 Å². The van der Waals surface area contributed by atoms with Crippen molar-refractivity contribution in [3.8, 4) is 11.5 Å².